The highest BCUT2D eigenvalue weighted by Crippen LogP contribution is 2.35. The summed E-state index contributed by atoms with van der Waals surface area (Å²) in [5.74, 6) is 2.15. The zero-order valence-electron chi connectivity index (χ0n) is 13.1. The molecule has 3 rings (SSSR count). The number of aryl methyl sites for hydroxylation is 3. The molecule has 1 aliphatic rings. The van der Waals surface area contributed by atoms with Crippen molar-refractivity contribution in [2.45, 2.75) is 26.2 Å². The summed E-state index contributed by atoms with van der Waals surface area (Å²) < 4.78 is 5.92. The first-order valence-electron chi connectivity index (χ1n) is 7.68. The molecule has 0 radical (unpaired) electrons. The molecule has 0 amide bonds. The Balaban J connectivity index is 2.06. The maximum absolute atomic E-state index is 5.92. The Kier molecular flexibility index (Phi) is 3.98. The van der Waals surface area contributed by atoms with Gasteiger partial charge >= 0.3 is 0 Å². The molecule has 2 heteroatoms. The third-order valence-corrected chi connectivity index (χ3v) is 4.08. The monoisotopic (exact) mass is 281 g/mol. The first kappa shape index (κ1) is 14.2. The molecule has 110 valence electrons. The van der Waals surface area contributed by atoms with Gasteiger partial charge in [-0.25, -0.2) is 0 Å². The summed E-state index contributed by atoms with van der Waals surface area (Å²) in [6.45, 7) is 3.11. The van der Waals surface area contributed by atoms with Crippen LogP contribution in [0.4, 0.5) is 0 Å². The van der Waals surface area contributed by atoms with Crippen molar-refractivity contribution in [3.8, 4) is 0 Å². The Bertz CT molecular complexity index is 664. The second-order valence-corrected chi connectivity index (χ2v) is 6.06. The minimum atomic E-state index is 0.991. The van der Waals surface area contributed by atoms with Gasteiger partial charge in [0, 0.05) is 18.5 Å². The Morgan fingerprint density at radius 3 is 2.76 bits per heavy atom. The highest BCUT2D eigenvalue weighted by atomic mass is 16.3. The van der Waals surface area contributed by atoms with Gasteiger partial charge in [-0.05, 0) is 56.6 Å². The lowest BCUT2D eigenvalue weighted by Gasteiger charge is -2.11. The van der Waals surface area contributed by atoms with Crippen molar-refractivity contribution < 1.29 is 4.42 Å². The van der Waals surface area contributed by atoms with Crippen LogP contribution in [0.15, 0.2) is 40.8 Å². The number of rotatable bonds is 3. The van der Waals surface area contributed by atoms with Gasteiger partial charge in [-0.2, -0.15) is 0 Å². The normalized spacial score (nSPS) is 15.9. The van der Waals surface area contributed by atoms with Gasteiger partial charge in [0.15, 0.2) is 0 Å². The van der Waals surface area contributed by atoms with Crippen LogP contribution < -0.4 is 0 Å². The molecule has 0 saturated heterocycles. The van der Waals surface area contributed by atoms with Crippen molar-refractivity contribution in [1.82, 2.24) is 4.90 Å². The van der Waals surface area contributed by atoms with Crippen LogP contribution in [0.3, 0.4) is 0 Å². The molecule has 1 heterocycles. The number of hydrogen-bond donors (Lipinski definition) is 0. The van der Waals surface area contributed by atoms with E-state index >= 15 is 0 Å². The fourth-order valence-corrected chi connectivity index (χ4v) is 3.06. The SMILES string of the molecule is Cc1cc2c(o1)CCc1ccccc1/C2=C/CCN(C)C. The molecule has 0 aliphatic heterocycles. The first-order valence-corrected chi connectivity index (χ1v) is 7.68. The van der Waals surface area contributed by atoms with E-state index in [0.29, 0.717) is 0 Å². The summed E-state index contributed by atoms with van der Waals surface area (Å²) in [7, 11) is 4.24. The van der Waals surface area contributed by atoms with Crippen LogP contribution in [0.5, 0.6) is 0 Å². The van der Waals surface area contributed by atoms with Gasteiger partial charge < -0.3 is 9.32 Å². The average molecular weight is 281 g/mol. The predicted octanol–water partition coefficient (Wildman–Crippen LogP) is 4.07. The molecule has 1 aliphatic carbocycles. The van der Waals surface area contributed by atoms with Crippen LogP contribution in [-0.4, -0.2) is 25.5 Å². The Morgan fingerprint density at radius 1 is 1.14 bits per heavy atom. The standard InChI is InChI=1S/C19H23NO/c1-14-13-18-17(9-6-12-20(2)3)16-8-5-4-7-15(16)10-11-19(18)21-14/h4-5,7-9,13H,6,10-12H2,1-3H3/b17-9-. The average Bonchev–Trinajstić information content (AvgIpc) is 2.76. The molecule has 0 bridgehead atoms. The summed E-state index contributed by atoms with van der Waals surface area (Å²) in [6.07, 6.45) is 5.48. The lowest BCUT2D eigenvalue weighted by atomic mass is 9.95. The number of fused-ring (bicyclic) bond motifs is 2. The van der Waals surface area contributed by atoms with Crippen molar-refractivity contribution in [3.05, 3.63) is 64.6 Å². The van der Waals surface area contributed by atoms with Crippen LogP contribution in [0.2, 0.25) is 0 Å². The fourth-order valence-electron chi connectivity index (χ4n) is 3.06. The first-order chi connectivity index (χ1) is 10.1. The summed E-state index contributed by atoms with van der Waals surface area (Å²) in [5, 5.41) is 0. The number of hydrogen-bond acceptors (Lipinski definition) is 2. The maximum atomic E-state index is 5.92. The van der Waals surface area contributed by atoms with E-state index in [1.54, 1.807) is 0 Å². The molecule has 0 saturated carbocycles. The number of benzene rings is 1. The molecule has 0 atom stereocenters. The van der Waals surface area contributed by atoms with E-state index < -0.39 is 0 Å². The van der Waals surface area contributed by atoms with Gasteiger partial charge in [-0.3, -0.25) is 0 Å². The topological polar surface area (TPSA) is 16.4 Å². The zero-order valence-corrected chi connectivity index (χ0v) is 13.1. The van der Waals surface area contributed by atoms with Crippen LogP contribution in [0, 0.1) is 6.92 Å². The Morgan fingerprint density at radius 2 is 1.95 bits per heavy atom. The van der Waals surface area contributed by atoms with E-state index in [2.05, 4.69) is 55.4 Å². The van der Waals surface area contributed by atoms with Crippen LogP contribution in [0.1, 0.15) is 34.6 Å². The molecular formula is C19H23NO. The molecule has 0 fully saturated rings. The molecule has 21 heavy (non-hydrogen) atoms. The van der Waals surface area contributed by atoms with E-state index in [1.807, 2.05) is 6.92 Å². The Labute approximate surface area is 127 Å². The summed E-state index contributed by atoms with van der Waals surface area (Å²) >= 11 is 0. The third-order valence-electron chi connectivity index (χ3n) is 4.08. The van der Waals surface area contributed by atoms with Gasteiger partial charge in [-0.1, -0.05) is 30.3 Å². The van der Waals surface area contributed by atoms with E-state index in [1.165, 1.54) is 22.3 Å². The van der Waals surface area contributed by atoms with Crippen molar-refractivity contribution in [1.29, 1.82) is 0 Å². The van der Waals surface area contributed by atoms with Gasteiger partial charge in [0.2, 0.25) is 0 Å². The lowest BCUT2D eigenvalue weighted by molar-refractivity contribution is 0.417. The largest absolute Gasteiger partial charge is 0.466 e. The predicted molar refractivity (Wildman–Crippen MR) is 87.5 cm³/mol. The highest BCUT2D eigenvalue weighted by Gasteiger charge is 2.20. The summed E-state index contributed by atoms with van der Waals surface area (Å²) in [6, 6.07) is 11.0. The van der Waals surface area contributed by atoms with Gasteiger partial charge in [0.05, 0.1) is 0 Å². The van der Waals surface area contributed by atoms with Crippen LogP contribution in [-0.2, 0) is 12.8 Å². The molecule has 1 aromatic heterocycles. The van der Waals surface area contributed by atoms with Gasteiger partial charge in [0.1, 0.15) is 11.5 Å². The molecule has 2 nitrogen and oxygen atoms in total. The number of furan rings is 1. The third kappa shape index (κ3) is 2.96. The summed E-state index contributed by atoms with van der Waals surface area (Å²) in [4.78, 5) is 2.22. The Hall–Kier alpha value is -1.80. The molecule has 0 spiro atoms. The van der Waals surface area contributed by atoms with E-state index in [-0.39, 0.29) is 0 Å². The highest BCUT2D eigenvalue weighted by molar-refractivity contribution is 5.83. The summed E-state index contributed by atoms with van der Waals surface area (Å²) in [5.41, 5.74) is 5.43. The molecule has 0 unspecified atom stereocenters. The van der Waals surface area contributed by atoms with Crippen LogP contribution in [0.25, 0.3) is 5.57 Å². The van der Waals surface area contributed by atoms with E-state index in [9.17, 15) is 0 Å². The van der Waals surface area contributed by atoms with Crippen LogP contribution >= 0.6 is 0 Å². The maximum Gasteiger partial charge on any atom is 0.112 e. The van der Waals surface area contributed by atoms with Crippen molar-refractivity contribution in [3.63, 3.8) is 0 Å². The molecular weight excluding hydrogens is 258 g/mol. The van der Waals surface area contributed by atoms with Gasteiger partial charge in [0.25, 0.3) is 0 Å². The molecule has 1 aromatic carbocycles. The lowest BCUT2D eigenvalue weighted by Crippen LogP contribution is -2.12. The van der Waals surface area contributed by atoms with E-state index in [0.717, 1.165) is 37.3 Å². The minimum Gasteiger partial charge on any atom is -0.466 e. The van der Waals surface area contributed by atoms with Crippen molar-refractivity contribution in [2.24, 2.45) is 0 Å². The van der Waals surface area contributed by atoms with Gasteiger partial charge in [-0.15, -0.1) is 0 Å². The fraction of sp³-hybridized carbons (Fsp3) is 0.368. The molecule has 2 aromatic rings. The smallest absolute Gasteiger partial charge is 0.112 e. The van der Waals surface area contributed by atoms with Crippen molar-refractivity contribution in [2.75, 3.05) is 20.6 Å². The molecule has 0 N–H and O–H groups in total. The van der Waals surface area contributed by atoms with Crippen molar-refractivity contribution >= 4 is 5.57 Å². The number of nitrogens with zero attached hydrogens (tertiary/aromatic N) is 1. The second kappa shape index (κ2) is 5.90. The van der Waals surface area contributed by atoms with E-state index in [4.69, 9.17) is 4.42 Å². The quantitative estimate of drug-likeness (QED) is 0.843. The zero-order chi connectivity index (χ0) is 14.8. The second-order valence-electron chi connectivity index (χ2n) is 6.06. The minimum absolute atomic E-state index is 0.991.